The lowest BCUT2D eigenvalue weighted by atomic mass is 9.76. The number of carbonyl (C=O) groups excluding carboxylic acids is 1. The number of aromatic nitrogens is 2. The van der Waals surface area contributed by atoms with Gasteiger partial charge in [-0.05, 0) is 30.9 Å². The number of nitrogens with one attached hydrogen (secondary N) is 2. The third-order valence-corrected chi connectivity index (χ3v) is 4.39. The molecule has 7 nitrogen and oxygen atoms in total. The summed E-state index contributed by atoms with van der Waals surface area (Å²) in [6.45, 7) is 0. The number of amides is 1. The molecule has 0 radical (unpaired) electrons. The highest BCUT2D eigenvalue weighted by molar-refractivity contribution is 5.76. The van der Waals surface area contributed by atoms with Gasteiger partial charge in [0.2, 0.25) is 5.91 Å². The van der Waals surface area contributed by atoms with E-state index in [1.807, 2.05) is 18.2 Å². The van der Waals surface area contributed by atoms with Crippen molar-refractivity contribution in [3.05, 3.63) is 52.3 Å². The lowest BCUT2D eigenvalue weighted by Crippen LogP contribution is -2.48. The molecule has 2 heterocycles. The molecule has 0 aliphatic heterocycles. The minimum atomic E-state index is -0.304. The molecule has 0 bridgehead atoms. The van der Waals surface area contributed by atoms with Crippen molar-refractivity contribution in [2.45, 2.75) is 44.2 Å². The van der Waals surface area contributed by atoms with Crippen LogP contribution in [0.1, 0.15) is 30.7 Å². The number of pyridine rings is 1. The van der Waals surface area contributed by atoms with Crippen molar-refractivity contribution in [1.29, 1.82) is 0 Å². The van der Waals surface area contributed by atoms with Crippen LogP contribution < -0.4 is 10.9 Å². The van der Waals surface area contributed by atoms with Crippen LogP contribution in [0.5, 0.6) is 0 Å². The summed E-state index contributed by atoms with van der Waals surface area (Å²) in [5, 5.41) is 14.8. The Hall–Kier alpha value is -2.41. The van der Waals surface area contributed by atoms with Gasteiger partial charge in [-0.1, -0.05) is 6.07 Å². The second-order valence-corrected chi connectivity index (χ2v) is 6.26. The van der Waals surface area contributed by atoms with E-state index in [2.05, 4.69) is 15.5 Å². The molecular weight excluding hydrogens is 310 g/mol. The van der Waals surface area contributed by atoms with Gasteiger partial charge in [0.25, 0.3) is 5.56 Å². The second-order valence-electron chi connectivity index (χ2n) is 6.26. The predicted molar refractivity (Wildman–Crippen MR) is 86.3 cm³/mol. The van der Waals surface area contributed by atoms with E-state index >= 15 is 0 Å². The number of aliphatic hydroxyl groups is 1. The molecule has 1 amide bonds. The maximum atomic E-state index is 12.2. The first-order valence-electron chi connectivity index (χ1n) is 8.15. The number of carbonyl (C=O) groups is 1. The normalized spacial score (nSPS) is 21.0. The molecule has 1 fully saturated rings. The van der Waals surface area contributed by atoms with Gasteiger partial charge in [-0.2, -0.15) is 5.16 Å². The zero-order valence-corrected chi connectivity index (χ0v) is 13.3. The van der Waals surface area contributed by atoms with Crippen molar-refractivity contribution in [3.8, 4) is 0 Å². The quantitative estimate of drug-likeness (QED) is 0.695. The van der Waals surface area contributed by atoms with Crippen LogP contribution in [-0.4, -0.2) is 33.3 Å². The molecule has 7 heteroatoms. The zero-order valence-electron chi connectivity index (χ0n) is 13.3. The summed E-state index contributed by atoms with van der Waals surface area (Å²) >= 11 is 0. The van der Waals surface area contributed by atoms with Gasteiger partial charge in [-0.25, -0.2) is 0 Å². The van der Waals surface area contributed by atoms with Gasteiger partial charge in [-0.15, -0.1) is 0 Å². The van der Waals surface area contributed by atoms with Crippen molar-refractivity contribution in [1.82, 2.24) is 15.5 Å². The Morgan fingerprint density at radius 1 is 1.46 bits per heavy atom. The molecule has 0 saturated heterocycles. The Morgan fingerprint density at radius 3 is 2.92 bits per heavy atom. The summed E-state index contributed by atoms with van der Waals surface area (Å²) < 4.78 is 4.95. The molecule has 1 aliphatic rings. The summed E-state index contributed by atoms with van der Waals surface area (Å²) in [5.74, 6) is 0.632. The van der Waals surface area contributed by atoms with Crippen LogP contribution in [0.4, 0.5) is 0 Å². The third kappa shape index (κ3) is 4.32. The Balaban J connectivity index is 1.56. The monoisotopic (exact) mass is 331 g/mol. The highest BCUT2D eigenvalue weighted by Crippen LogP contribution is 2.31. The average molecular weight is 331 g/mol. The Morgan fingerprint density at radius 2 is 2.29 bits per heavy atom. The van der Waals surface area contributed by atoms with E-state index in [0.717, 1.165) is 5.69 Å². The number of aliphatic hydroxyl groups excluding tert-OH is 1. The smallest absolute Gasteiger partial charge is 0.280 e. The van der Waals surface area contributed by atoms with Crippen molar-refractivity contribution in [3.63, 3.8) is 0 Å². The first-order valence-corrected chi connectivity index (χ1v) is 8.15. The topological polar surface area (TPSA) is 108 Å². The molecule has 1 saturated carbocycles. The molecule has 1 aliphatic carbocycles. The van der Waals surface area contributed by atoms with Gasteiger partial charge in [0.15, 0.2) is 0 Å². The van der Waals surface area contributed by atoms with E-state index in [1.54, 1.807) is 6.20 Å². The lowest BCUT2D eigenvalue weighted by Gasteiger charge is -2.38. The molecule has 1 atom stereocenters. The van der Waals surface area contributed by atoms with E-state index in [4.69, 9.17) is 4.52 Å². The molecule has 0 spiro atoms. The molecule has 0 aromatic carbocycles. The standard InChI is InChI=1S/C17H21N3O4/c21-13-7-11(8-13)15(9-12-3-1-2-6-18-12)19-16(22)5-4-14-10-17(23)20-24-14/h1-3,6,10-11,13,15,21H,4-5,7-9H2,(H,19,22)(H,20,23)/t11?,13?,15-/m0/s1. The third-order valence-electron chi connectivity index (χ3n) is 4.39. The number of hydrogen-bond acceptors (Lipinski definition) is 5. The van der Waals surface area contributed by atoms with Crippen molar-refractivity contribution >= 4 is 5.91 Å². The van der Waals surface area contributed by atoms with Gasteiger partial charge in [-0.3, -0.25) is 14.6 Å². The summed E-state index contributed by atoms with van der Waals surface area (Å²) in [5.41, 5.74) is 0.614. The van der Waals surface area contributed by atoms with Gasteiger partial charge >= 0.3 is 0 Å². The number of aromatic amines is 1. The summed E-state index contributed by atoms with van der Waals surface area (Å²) in [6, 6.07) is 7.01. The first kappa shape index (κ1) is 16.4. The number of H-pyrrole nitrogens is 1. The molecule has 3 N–H and O–H groups in total. The molecule has 2 aromatic rings. The number of nitrogens with zero attached hydrogens (tertiary/aromatic N) is 1. The minimum Gasteiger partial charge on any atom is -0.393 e. The van der Waals surface area contributed by atoms with E-state index < -0.39 is 0 Å². The Bertz CT molecular complexity index is 719. The lowest BCUT2D eigenvalue weighted by molar-refractivity contribution is -0.123. The predicted octanol–water partition coefficient (Wildman–Crippen LogP) is 0.794. The van der Waals surface area contributed by atoms with Crippen LogP contribution in [0.15, 0.2) is 39.8 Å². The molecule has 24 heavy (non-hydrogen) atoms. The van der Waals surface area contributed by atoms with Crippen LogP contribution in [0, 0.1) is 5.92 Å². The highest BCUT2D eigenvalue weighted by atomic mass is 16.5. The molecule has 3 rings (SSSR count). The fraction of sp³-hybridized carbons (Fsp3) is 0.471. The van der Waals surface area contributed by atoms with Gasteiger partial charge in [0.1, 0.15) is 5.76 Å². The van der Waals surface area contributed by atoms with Gasteiger partial charge in [0, 0.05) is 43.3 Å². The Kier molecular flexibility index (Phi) is 5.10. The SMILES string of the molecule is O=C(CCc1cc(=O)[nH]o1)N[C@@H](Cc1ccccn1)C1CC(O)C1. The van der Waals surface area contributed by atoms with Crippen LogP contribution in [-0.2, 0) is 17.6 Å². The van der Waals surface area contributed by atoms with E-state index in [0.29, 0.717) is 31.4 Å². The van der Waals surface area contributed by atoms with Crippen molar-refractivity contribution in [2.75, 3.05) is 0 Å². The second kappa shape index (κ2) is 7.44. The fourth-order valence-electron chi connectivity index (χ4n) is 3.00. The number of rotatable bonds is 7. The molecular formula is C17H21N3O4. The number of aryl methyl sites for hydroxylation is 1. The van der Waals surface area contributed by atoms with Crippen LogP contribution in [0.3, 0.4) is 0 Å². The summed E-state index contributed by atoms with van der Waals surface area (Å²) in [4.78, 5) is 27.5. The average Bonchev–Trinajstić information content (AvgIpc) is 2.96. The molecule has 128 valence electrons. The molecule has 2 aromatic heterocycles. The first-order chi connectivity index (χ1) is 11.6. The largest absolute Gasteiger partial charge is 0.393 e. The van der Waals surface area contributed by atoms with Gasteiger partial charge in [0.05, 0.1) is 6.10 Å². The maximum Gasteiger partial charge on any atom is 0.280 e. The maximum absolute atomic E-state index is 12.2. The highest BCUT2D eigenvalue weighted by Gasteiger charge is 2.34. The summed E-state index contributed by atoms with van der Waals surface area (Å²) in [6.07, 6.45) is 4.12. The molecule has 0 unspecified atom stereocenters. The van der Waals surface area contributed by atoms with Crippen LogP contribution >= 0.6 is 0 Å². The van der Waals surface area contributed by atoms with E-state index in [9.17, 15) is 14.7 Å². The van der Waals surface area contributed by atoms with E-state index in [-0.39, 0.29) is 36.0 Å². The van der Waals surface area contributed by atoms with Crippen LogP contribution in [0.25, 0.3) is 0 Å². The van der Waals surface area contributed by atoms with Crippen molar-refractivity contribution in [2.24, 2.45) is 5.92 Å². The van der Waals surface area contributed by atoms with E-state index in [1.165, 1.54) is 6.07 Å². The number of hydrogen-bond donors (Lipinski definition) is 3. The van der Waals surface area contributed by atoms with Crippen LogP contribution in [0.2, 0.25) is 0 Å². The fourth-order valence-corrected chi connectivity index (χ4v) is 3.00. The Labute approximate surface area is 139 Å². The van der Waals surface area contributed by atoms with Gasteiger partial charge < -0.3 is 14.9 Å². The zero-order chi connectivity index (χ0) is 16.9. The summed E-state index contributed by atoms with van der Waals surface area (Å²) in [7, 11) is 0. The minimum absolute atomic E-state index is 0.0472. The van der Waals surface area contributed by atoms with Crippen molar-refractivity contribution < 1.29 is 14.4 Å².